The van der Waals surface area contributed by atoms with Crippen LogP contribution in [-0.4, -0.2) is 15.1 Å². The Balaban J connectivity index is 1.99. The zero-order valence-corrected chi connectivity index (χ0v) is 10.8. The molecule has 0 saturated heterocycles. The monoisotopic (exact) mass is 282 g/mol. The van der Waals surface area contributed by atoms with E-state index >= 15 is 0 Å². The topological polar surface area (TPSA) is 108 Å². The highest BCUT2D eigenvalue weighted by molar-refractivity contribution is 5.73. The van der Waals surface area contributed by atoms with Gasteiger partial charge >= 0.3 is 0 Å². The molecule has 2 aromatic carbocycles. The SMILES string of the molecule is Nc1cc([N+](=O)[O-])ccc1-c1nc(-c2ccccc2)no1. The molecule has 1 aromatic heterocycles. The summed E-state index contributed by atoms with van der Waals surface area (Å²) in [6.45, 7) is 0. The van der Waals surface area contributed by atoms with Crippen LogP contribution in [0.3, 0.4) is 0 Å². The molecule has 104 valence electrons. The molecule has 3 rings (SSSR count). The van der Waals surface area contributed by atoms with Gasteiger partial charge in [0, 0.05) is 17.7 Å². The number of nitro benzene ring substituents is 1. The van der Waals surface area contributed by atoms with E-state index in [4.69, 9.17) is 10.3 Å². The van der Waals surface area contributed by atoms with Crippen LogP contribution in [0.5, 0.6) is 0 Å². The number of nitrogens with zero attached hydrogens (tertiary/aromatic N) is 3. The maximum absolute atomic E-state index is 10.7. The summed E-state index contributed by atoms with van der Waals surface area (Å²) in [5.74, 6) is 0.657. The Labute approximate surface area is 119 Å². The molecule has 7 heteroatoms. The summed E-state index contributed by atoms with van der Waals surface area (Å²) >= 11 is 0. The second kappa shape index (κ2) is 5.04. The minimum atomic E-state index is -0.511. The van der Waals surface area contributed by atoms with E-state index in [2.05, 4.69) is 10.1 Å². The molecule has 7 nitrogen and oxygen atoms in total. The van der Waals surface area contributed by atoms with Crippen molar-refractivity contribution in [1.82, 2.24) is 10.1 Å². The lowest BCUT2D eigenvalue weighted by atomic mass is 10.1. The van der Waals surface area contributed by atoms with Gasteiger partial charge in [0.25, 0.3) is 11.6 Å². The molecule has 0 unspecified atom stereocenters. The first-order chi connectivity index (χ1) is 10.1. The second-order valence-corrected chi connectivity index (χ2v) is 4.32. The van der Waals surface area contributed by atoms with Crippen LogP contribution in [0.15, 0.2) is 53.1 Å². The van der Waals surface area contributed by atoms with Gasteiger partial charge in [0.2, 0.25) is 5.82 Å². The molecule has 0 fully saturated rings. The van der Waals surface area contributed by atoms with Gasteiger partial charge in [-0.25, -0.2) is 0 Å². The van der Waals surface area contributed by atoms with E-state index in [-0.39, 0.29) is 17.3 Å². The Hall–Kier alpha value is -3.22. The average Bonchev–Trinajstić information content (AvgIpc) is 2.97. The number of nitro groups is 1. The molecule has 0 saturated carbocycles. The Morgan fingerprint density at radius 1 is 1.14 bits per heavy atom. The summed E-state index contributed by atoms with van der Waals surface area (Å²) in [5.41, 5.74) is 7.22. The molecule has 0 atom stereocenters. The summed E-state index contributed by atoms with van der Waals surface area (Å²) in [4.78, 5) is 14.4. The van der Waals surface area contributed by atoms with Crippen molar-refractivity contribution < 1.29 is 9.45 Å². The summed E-state index contributed by atoms with van der Waals surface area (Å²) in [6, 6.07) is 13.4. The maximum Gasteiger partial charge on any atom is 0.271 e. The Kier molecular flexibility index (Phi) is 3.07. The van der Waals surface area contributed by atoms with Crippen LogP contribution in [0, 0.1) is 10.1 Å². The number of aromatic nitrogens is 2. The smallest absolute Gasteiger partial charge is 0.271 e. The number of non-ortho nitro benzene ring substituents is 1. The van der Waals surface area contributed by atoms with Crippen molar-refractivity contribution in [1.29, 1.82) is 0 Å². The molecular formula is C14H10N4O3. The molecule has 0 spiro atoms. The highest BCUT2D eigenvalue weighted by atomic mass is 16.6. The lowest BCUT2D eigenvalue weighted by Crippen LogP contribution is -1.94. The third-order valence-corrected chi connectivity index (χ3v) is 2.93. The first kappa shape index (κ1) is 12.8. The molecule has 0 aliphatic rings. The molecule has 0 aliphatic heterocycles. The number of nitrogens with two attached hydrogens (primary N) is 1. The van der Waals surface area contributed by atoms with E-state index in [0.29, 0.717) is 11.4 Å². The van der Waals surface area contributed by atoms with E-state index in [0.717, 1.165) is 5.56 Å². The number of anilines is 1. The van der Waals surface area contributed by atoms with E-state index in [1.54, 1.807) is 0 Å². The van der Waals surface area contributed by atoms with Crippen molar-refractivity contribution in [3.8, 4) is 22.8 Å². The summed E-state index contributed by atoms with van der Waals surface area (Å²) < 4.78 is 5.18. The van der Waals surface area contributed by atoms with Crippen LogP contribution in [0.2, 0.25) is 0 Å². The van der Waals surface area contributed by atoms with Crippen molar-refractivity contribution in [2.24, 2.45) is 0 Å². The largest absolute Gasteiger partial charge is 0.398 e. The van der Waals surface area contributed by atoms with E-state index in [9.17, 15) is 10.1 Å². The number of rotatable bonds is 3. The summed E-state index contributed by atoms with van der Waals surface area (Å²) in [5, 5.41) is 14.6. The molecule has 0 radical (unpaired) electrons. The van der Waals surface area contributed by atoms with Gasteiger partial charge in [-0.2, -0.15) is 4.98 Å². The summed E-state index contributed by atoms with van der Waals surface area (Å²) in [7, 11) is 0. The van der Waals surface area contributed by atoms with Gasteiger partial charge in [-0.05, 0) is 6.07 Å². The fourth-order valence-electron chi connectivity index (χ4n) is 1.90. The molecule has 0 bridgehead atoms. The normalized spacial score (nSPS) is 10.5. The van der Waals surface area contributed by atoms with Gasteiger partial charge in [-0.3, -0.25) is 10.1 Å². The Morgan fingerprint density at radius 3 is 2.57 bits per heavy atom. The lowest BCUT2D eigenvalue weighted by molar-refractivity contribution is -0.384. The number of hydrogen-bond donors (Lipinski definition) is 1. The van der Waals surface area contributed by atoms with Crippen LogP contribution in [0.4, 0.5) is 11.4 Å². The predicted octanol–water partition coefficient (Wildman–Crippen LogP) is 2.89. The van der Waals surface area contributed by atoms with Crippen LogP contribution >= 0.6 is 0 Å². The number of benzene rings is 2. The zero-order valence-electron chi connectivity index (χ0n) is 10.8. The predicted molar refractivity (Wildman–Crippen MR) is 76.2 cm³/mol. The quantitative estimate of drug-likeness (QED) is 0.449. The first-order valence-electron chi connectivity index (χ1n) is 6.08. The van der Waals surface area contributed by atoms with Gasteiger partial charge in [-0.1, -0.05) is 35.5 Å². The standard InChI is InChI=1S/C14H10N4O3/c15-12-8-10(18(19)20)6-7-11(12)14-16-13(17-21-14)9-4-2-1-3-5-9/h1-8H,15H2. The lowest BCUT2D eigenvalue weighted by Gasteiger charge is -1.99. The van der Waals surface area contributed by atoms with Crippen molar-refractivity contribution in [2.45, 2.75) is 0 Å². The van der Waals surface area contributed by atoms with Gasteiger partial charge in [-0.15, -0.1) is 0 Å². The molecule has 0 aliphatic carbocycles. The third-order valence-electron chi connectivity index (χ3n) is 2.93. The molecule has 2 N–H and O–H groups in total. The fraction of sp³-hybridized carbons (Fsp3) is 0. The zero-order chi connectivity index (χ0) is 14.8. The second-order valence-electron chi connectivity index (χ2n) is 4.32. The van der Waals surface area contributed by atoms with Crippen LogP contribution < -0.4 is 5.73 Å². The number of hydrogen-bond acceptors (Lipinski definition) is 6. The highest BCUT2D eigenvalue weighted by Crippen LogP contribution is 2.29. The van der Waals surface area contributed by atoms with Gasteiger partial charge in [0.15, 0.2) is 0 Å². The van der Waals surface area contributed by atoms with Crippen molar-refractivity contribution in [2.75, 3.05) is 5.73 Å². The first-order valence-corrected chi connectivity index (χ1v) is 6.08. The van der Waals surface area contributed by atoms with Crippen LogP contribution in [0.1, 0.15) is 0 Å². The van der Waals surface area contributed by atoms with Gasteiger partial charge < -0.3 is 10.3 Å². The minimum Gasteiger partial charge on any atom is -0.398 e. The third kappa shape index (κ3) is 2.44. The molecular weight excluding hydrogens is 272 g/mol. The Bertz CT molecular complexity index is 799. The van der Waals surface area contributed by atoms with Crippen LogP contribution in [-0.2, 0) is 0 Å². The fourth-order valence-corrected chi connectivity index (χ4v) is 1.90. The average molecular weight is 282 g/mol. The van der Waals surface area contributed by atoms with E-state index in [1.807, 2.05) is 30.3 Å². The molecule has 3 aromatic rings. The summed E-state index contributed by atoms with van der Waals surface area (Å²) in [6.07, 6.45) is 0. The van der Waals surface area contributed by atoms with E-state index in [1.165, 1.54) is 18.2 Å². The highest BCUT2D eigenvalue weighted by Gasteiger charge is 2.15. The van der Waals surface area contributed by atoms with Crippen molar-refractivity contribution >= 4 is 11.4 Å². The molecule has 21 heavy (non-hydrogen) atoms. The van der Waals surface area contributed by atoms with Crippen LogP contribution in [0.25, 0.3) is 22.8 Å². The molecule has 0 amide bonds. The minimum absolute atomic E-state index is 0.0842. The maximum atomic E-state index is 10.7. The number of nitrogen functional groups attached to an aromatic ring is 1. The van der Waals surface area contributed by atoms with Gasteiger partial charge in [0.05, 0.1) is 16.2 Å². The van der Waals surface area contributed by atoms with Gasteiger partial charge in [0.1, 0.15) is 0 Å². The van der Waals surface area contributed by atoms with E-state index < -0.39 is 4.92 Å². The molecule has 1 heterocycles. The Morgan fingerprint density at radius 2 is 1.90 bits per heavy atom. The van der Waals surface area contributed by atoms with Crippen molar-refractivity contribution in [3.05, 3.63) is 58.6 Å². The van der Waals surface area contributed by atoms with Crippen molar-refractivity contribution in [3.63, 3.8) is 0 Å².